The van der Waals surface area contributed by atoms with Crippen LogP contribution in [-0.4, -0.2) is 71.4 Å². The molecule has 2 fully saturated rings. The maximum atomic E-state index is 12.5. The van der Waals surface area contributed by atoms with E-state index in [4.69, 9.17) is 0 Å². The number of rotatable bonds is 2. The van der Waals surface area contributed by atoms with Gasteiger partial charge in [0, 0.05) is 46.0 Å². The minimum Gasteiger partial charge on any atom is -0.353 e. The largest absolute Gasteiger partial charge is 0.353 e. The lowest BCUT2D eigenvalue weighted by molar-refractivity contribution is -0.143. The van der Waals surface area contributed by atoms with E-state index in [1.54, 1.807) is 18.1 Å². The predicted molar refractivity (Wildman–Crippen MR) is 81.3 cm³/mol. The van der Waals surface area contributed by atoms with Crippen LogP contribution in [0.15, 0.2) is 12.3 Å². The summed E-state index contributed by atoms with van der Waals surface area (Å²) >= 11 is 0. The number of aromatic nitrogens is 2. The second kappa shape index (κ2) is 5.90. The van der Waals surface area contributed by atoms with Crippen LogP contribution < -0.4 is 4.90 Å². The van der Waals surface area contributed by atoms with Crippen molar-refractivity contribution in [3.63, 3.8) is 0 Å². The van der Waals surface area contributed by atoms with E-state index in [-0.39, 0.29) is 11.8 Å². The van der Waals surface area contributed by atoms with Crippen LogP contribution in [0, 0.1) is 12.8 Å². The van der Waals surface area contributed by atoms with Crippen LogP contribution in [0.2, 0.25) is 0 Å². The first-order chi connectivity index (χ1) is 10.6. The van der Waals surface area contributed by atoms with Crippen LogP contribution in [0.1, 0.15) is 12.2 Å². The third-order valence-corrected chi connectivity index (χ3v) is 4.40. The third kappa shape index (κ3) is 2.75. The third-order valence-electron chi connectivity index (χ3n) is 4.40. The molecule has 0 N–H and O–H groups in total. The topological polar surface area (TPSA) is 69.6 Å². The smallest absolute Gasteiger partial charge is 0.235 e. The minimum atomic E-state index is -0.474. The van der Waals surface area contributed by atoms with E-state index >= 15 is 0 Å². The van der Waals surface area contributed by atoms with Crippen molar-refractivity contribution in [1.82, 2.24) is 19.8 Å². The summed E-state index contributed by atoms with van der Waals surface area (Å²) in [6.45, 7) is 5.28. The number of carbonyl (C=O) groups is 2. The molecule has 0 spiro atoms. The molecule has 0 saturated carbocycles. The molecule has 2 aliphatic heterocycles. The Morgan fingerprint density at radius 3 is 2.55 bits per heavy atom. The molecule has 2 amide bonds. The summed E-state index contributed by atoms with van der Waals surface area (Å²) in [5, 5.41) is 0. The molecule has 3 heterocycles. The van der Waals surface area contributed by atoms with Crippen molar-refractivity contribution < 1.29 is 9.59 Å². The Morgan fingerprint density at radius 2 is 1.95 bits per heavy atom. The number of hydrogen-bond donors (Lipinski definition) is 0. The van der Waals surface area contributed by atoms with Crippen molar-refractivity contribution in [3.8, 4) is 0 Å². The van der Waals surface area contributed by atoms with Crippen LogP contribution in [0.3, 0.4) is 0 Å². The van der Waals surface area contributed by atoms with Gasteiger partial charge in [-0.1, -0.05) is 0 Å². The average Bonchev–Trinajstić information content (AvgIpc) is 2.86. The molecule has 118 valence electrons. The van der Waals surface area contributed by atoms with Crippen LogP contribution in [0.25, 0.3) is 0 Å². The van der Waals surface area contributed by atoms with E-state index in [1.807, 2.05) is 17.9 Å². The fraction of sp³-hybridized carbons (Fsp3) is 0.600. The summed E-state index contributed by atoms with van der Waals surface area (Å²) in [7, 11) is 1.75. The van der Waals surface area contributed by atoms with Crippen molar-refractivity contribution in [3.05, 3.63) is 18.1 Å². The molecule has 1 aromatic rings. The molecule has 0 aromatic carbocycles. The van der Waals surface area contributed by atoms with Crippen LogP contribution in [-0.2, 0) is 9.59 Å². The van der Waals surface area contributed by atoms with Crippen LogP contribution in [0.4, 0.5) is 5.82 Å². The number of amides is 2. The highest BCUT2D eigenvalue weighted by molar-refractivity contribution is 6.01. The highest BCUT2D eigenvalue weighted by atomic mass is 16.2. The number of likely N-dealkylation sites (tertiary alicyclic amines) is 1. The van der Waals surface area contributed by atoms with Crippen molar-refractivity contribution in [2.24, 2.45) is 5.92 Å². The highest BCUT2D eigenvalue weighted by Crippen LogP contribution is 2.21. The van der Waals surface area contributed by atoms with Crippen molar-refractivity contribution >= 4 is 17.6 Å². The minimum absolute atomic E-state index is 0.0205. The van der Waals surface area contributed by atoms with Gasteiger partial charge in [-0.25, -0.2) is 9.97 Å². The molecule has 1 unspecified atom stereocenters. The van der Waals surface area contributed by atoms with Gasteiger partial charge in [-0.2, -0.15) is 0 Å². The summed E-state index contributed by atoms with van der Waals surface area (Å²) in [5.74, 6) is 1.11. The molecule has 22 heavy (non-hydrogen) atoms. The summed E-state index contributed by atoms with van der Waals surface area (Å²) in [4.78, 5) is 38.6. The Bertz CT molecular complexity index is 583. The van der Waals surface area contributed by atoms with Gasteiger partial charge in [0.2, 0.25) is 11.8 Å². The van der Waals surface area contributed by atoms with Gasteiger partial charge in [-0.05, 0) is 19.4 Å². The second-order valence-corrected chi connectivity index (χ2v) is 5.88. The Labute approximate surface area is 129 Å². The van der Waals surface area contributed by atoms with E-state index in [2.05, 4.69) is 14.9 Å². The van der Waals surface area contributed by atoms with Crippen molar-refractivity contribution in [2.45, 2.75) is 13.3 Å². The average molecular weight is 303 g/mol. The number of piperazine rings is 1. The fourth-order valence-corrected chi connectivity index (χ4v) is 3.05. The second-order valence-electron chi connectivity index (χ2n) is 5.88. The number of hydrogen-bond acceptors (Lipinski definition) is 5. The molecule has 1 aromatic heterocycles. The summed E-state index contributed by atoms with van der Waals surface area (Å²) < 4.78 is 0. The highest BCUT2D eigenvalue weighted by Gasteiger charge is 2.38. The van der Waals surface area contributed by atoms with E-state index < -0.39 is 5.92 Å². The maximum Gasteiger partial charge on any atom is 0.235 e. The predicted octanol–water partition coefficient (Wildman–Crippen LogP) is -0.0881. The van der Waals surface area contributed by atoms with Crippen LogP contribution >= 0.6 is 0 Å². The molecule has 0 bridgehead atoms. The quantitative estimate of drug-likeness (QED) is 0.714. The lowest BCUT2D eigenvalue weighted by Crippen LogP contribution is -2.51. The molecule has 3 rings (SSSR count). The fourth-order valence-electron chi connectivity index (χ4n) is 3.05. The SMILES string of the molecule is Cc1nccc(N2CCN(C(=O)C3CCN(C)C3=O)CC2)n1. The molecule has 0 radical (unpaired) electrons. The normalized spacial score (nSPS) is 22.4. The lowest BCUT2D eigenvalue weighted by Gasteiger charge is -2.36. The van der Waals surface area contributed by atoms with Gasteiger partial charge >= 0.3 is 0 Å². The molecule has 7 heteroatoms. The van der Waals surface area contributed by atoms with Gasteiger partial charge in [0.25, 0.3) is 0 Å². The first-order valence-corrected chi connectivity index (χ1v) is 7.64. The number of carbonyl (C=O) groups excluding carboxylic acids is 2. The van der Waals surface area contributed by atoms with Gasteiger partial charge in [-0.15, -0.1) is 0 Å². The molecule has 2 saturated heterocycles. The van der Waals surface area contributed by atoms with E-state index in [0.29, 0.717) is 26.1 Å². The number of nitrogens with zero attached hydrogens (tertiary/aromatic N) is 5. The van der Waals surface area contributed by atoms with Gasteiger partial charge in [0.15, 0.2) is 0 Å². The van der Waals surface area contributed by atoms with E-state index in [0.717, 1.165) is 24.7 Å². The monoisotopic (exact) mass is 303 g/mol. The Balaban J connectivity index is 1.60. The molecule has 7 nitrogen and oxygen atoms in total. The Hall–Kier alpha value is -2.18. The zero-order chi connectivity index (χ0) is 15.7. The van der Waals surface area contributed by atoms with Gasteiger partial charge in [0.1, 0.15) is 17.6 Å². The first kappa shape index (κ1) is 14.7. The zero-order valence-electron chi connectivity index (χ0n) is 13.0. The van der Waals surface area contributed by atoms with Gasteiger partial charge in [0.05, 0.1) is 0 Å². The van der Waals surface area contributed by atoms with E-state index in [1.165, 1.54) is 0 Å². The summed E-state index contributed by atoms with van der Waals surface area (Å²) in [6, 6.07) is 1.89. The van der Waals surface area contributed by atoms with Gasteiger partial charge in [-0.3, -0.25) is 9.59 Å². The lowest BCUT2D eigenvalue weighted by atomic mass is 10.1. The summed E-state index contributed by atoms with van der Waals surface area (Å²) in [5.41, 5.74) is 0. The molecule has 0 aliphatic carbocycles. The molecular weight excluding hydrogens is 282 g/mol. The van der Waals surface area contributed by atoms with Gasteiger partial charge < -0.3 is 14.7 Å². The first-order valence-electron chi connectivity index (χ1n) is 7.64. The van der Waals surface area contributed by atoms with E-state index in [9.17, 15) is 9.59 Å². The Morgan fingerprint density at radius 1 is 1.23 bits per heavy atom. The summed E-state index contributed by atoms with van der Waals surface area (Å²) in [6.07, 6.45) is 2.39. The number of aryl methyl sites for hydroxylation is 1. The molecular formula is C15H21N5O2. The maximum absolute atomic E-state index is 12.5. The van der Waals surface area contributed by atoms with Crippen molar-refractivity contribution in [1.29, 1.82) is 0 Å². The molecule has 2 aliphatic rings. The molecule has 1 atom stereocenters. The standard InChI is InChI=1S/C15H21N5O2/c1-11-16-5-3-13(17-11)19-7-9-20(10-8-19)15(22)12-4-6-18(2)14(12)21/h3,5,12H,4,6-10H2,1-2H3. The van der Waals surface area contributed by atoms with Crippen LogP contribution in [0.5, 0.6) is 0 Å². The van der Waals surface area contributed by atoms with Crippen molar-refractivity contribution in [2.75, 3.05) is 44.7 Å². The number of anilines is 1. The zero-order valence-corrected chi connectivity index (χ0v) is 13.0. The Kier molecular flexibility index (Phi) is 3.96.